The SMILES string of the molecule is Cc1ccc2c(=O)c3cc4[nH]c5c(C)c(S(=O)(=O)O)ccc5c(=O)c4cc3[nH]c2c1. The molecule has 0 spiro atoms. The van der Waals surface area contributed by atoms with Crippen molar-refractivity contribution >= 4 is 53.7 Å². The van der Waals surface area contributed by atoms with E-state index < -0.39 is 10.1 Å². The quantitative estimate of drug-likeness (QED) is 0.283. The van der Waals surface area contributed by atoms with Gasteiger partial charge in [-0.05, 0) is 61.4 Å². The summed E-state index contributed by atoms with van der Waals surface area (Å²) in [7, 11) is -4.44. The van der Waals surface area contributed by atoms with Crippen LogP contribution in [0.15, 0.2) is 56.9 Å². The topological polar surface area (TPSA) is 120 Å². The molecule has 150 valence electrons. The standard InChI is InChI=1S/C22H16N2O5S/c1-10-3-4-12-16(7-10)23-17-8-15-18(9-14(17)21(12)25)24-20-11(2)19(30(27,28)29)6-5-13(20)22(15)26/h3-9H,1-2H3,(H,23,25)(H,24,26)(H,27,28,29). The van der Waals surface area contributed by atoms with E-state index in [1.807, 2.05) is 19.1 Å². The fourth-order valence-corrected chi connectivity index (χ4v) is 4.76. The first kappa shape index (κ1) is 18.5. The minimum absolute atomic E-state index is 0.162. The number of aromatic nitrogens is 2. The van der Waals surface area contributed by atoms with Crippen LogP contribution in [0.5, 0.6) is 0 Å². The van der Waals surface area contributed by atoms with Crippen molar-refractivity contribution in [3.63, 3.8) is 0 Å². The predicted octanol–water partition coefficient (Wildman–Crippen LogP) is 3.54. The summed E-state index contributed by atoms with van der Waals surface area (Å²) < 4.78 is 32.7. The molecule has 0 bridgehead atoms. The highest BCUT2D eigenvalue weighted by molar-refractivity contribution is 7.85. The Balaban J connectivity index is 1.96. The van der Waals surface area contributed by atoms with Gasteiger partial charge in [-0.25, -0.2) is 0 Å². The van der Waals surface area contributed by atoms with Gasteiger partial charge < -0.3 is 9.97 Å². The summed E-state index contributed by atoms with van der Waals surface area (Å²) in [4.78, 5) is 32.2. The third-order valence-corrected chi connectivity index (χ3v) is 6.53. The molecule has 0 fully saturated rings. The van der Waals surface area contributed by atoms with Crippen LogP contribution in [0.4, 0.5) is 0 Å². The number of hydrogen-bond donors (Lipinski definition) is 3. The monoisotopic (exact) mass is 420 g/mol. The van der Waals surface area contributed by atoms with E-state index in [4.69, 9.17) is 0 Å². The van der Waals surface area contributed by atoms with Gasteiger partial charge in [0.25, 0.3) is 10.1 Å². The molecule has 0 aliphatic rings. The number of pyridine rings is 2. The summed E-state index contributed by atoms with van der Waals surface area (Å²) in [5.74, 6) is 0. The van der Waals surface area contributed by atoms with Gasteiger partial charge in [-0.1, -0.05) is 6.07 Å². The van der Waals surface area contributed by atoms with Crippen LogP contribution in [0.1, 0.15) is 11.1 Å². The molecule has 0 radical (unpaired) electrons. The zero-order chi connectivity index (χ0) is 21.4. The Morgan fingerprint density at radius 1 is 0.733 bits per heavy atom. The Morgan fingerprint density at radius 2 is 1.30 bits per heavy atom. The summed E-state index contributed by atoms with van der Waals surface area (Å²) >= 11 is 0. The second kappa shape index (κ2) is 6.01. The van der Waals surface area contributed by atoms with Gasteiger partial charge in [0, 0.05) is 27.1 Å². The van der Waals surface area contributed by atoms with E-state index in [1.165, 1.54) is 19.1 Å². The predicted molar refractivity (Wildman–Crippen MR) is 117 cm³/mol. The van der Waals surface area contributed by atoms with Crippen molar-refractivity contribution in [1.82, 2.24) is 9.97 Å². The van der Waals surface area contributed by atoms with Crippen molar-refractivity contribution in [1.29, 1.82) is 0 Å². The van der Waals surface area contributed by atoms with E-state index in [0.717, 1.165) is 5.56 Å². The molecule has 3 aromatic carbocycles. The van der Waals surface area contributed by atoms with E-state index in [2.05, 4.69) is 9.97 Å². The van der Waals surface area contributed by atoms with Crippen LogP contribution in [0.25, 0.3) is 43.6 Å². The first-order valence-corrected chi connectivity index (χ1v) is 10.6. The highest BCUT2D eigenvalue weighted by Crippen LogP contribution is 2.26. The molecule has 2 aromatic heterocycles. The first-order chi connectivity index (χ1) is 14.1. The van der Waals surface area contributed by atoms with Crippen molar-refractivity contribution in [3.8, 4) is 0 Å². The lowest BCUT2D eigenvalue weighted by atomic mass is 10.0. The van der Waals surface area contributed by atoms with Crippen LogP contribution in [0, 0.1) is 13.8 Å². The summed E-state index contributed by atoms with van der Waals surface area (Å²) in [5, 5.41) is 1.63. The van der Waals surface area contributed by atoms with Gasteiger partial charge in [-0.3, -0.25) is 14.1 Å². The summed E-state index contributed by atoms with van der Waals surface area (Å²) in [5.41, 5.74) is 2.73. The molecular weight excluding hydrogens is 404 g/mol. The Bertz CT molecular complexity index is 1780. The molecule has 5 aromatic rings. The number of fused-ring (bicyclic) bond motifs is 4. The fourth-order valence-electron chi connectivity index (χ4n) is 4.03. The van der Waals surface area contributed by atoms with Gasteiger partial charge in [0.15, 0.2) is 10.9 Å². The fraction of sp³-hybridized carbons (Fsp3) is 0.0909. The second-order valence-corrected chi connectivity index (χ2v) is 8.88. The number of aromatic amines is 2. The second-order valence-electron chi connectivity index (χ2n) is 7.49. The maximum absolute atomic E-state index is 13.1. The Morgan fingerprint density at radius 3 is 1.97 bits per heavy atom. The number of benzene rings is 3. The maximum Gasteiger partial charge on any atom is 0.294 e. The third-order valence-electron chi connectivity index (χ3n) is 5.53. The zero-order valence-electron chi connectivity index (χ0n) is 16.0. The van der Waals surface area contributed by atoms with Gasteiger partial charge in [-0.15, -0.1) is 0 Å². The third kappa shape index (κ3) is 2.58. The highest BCUT2D eigenvalue weighted by atomic mass is 32.2. The number of rotatable bonds is 1. The molecule has 2 heterocycles. The van der Waals surface area contributed by atoms with Crippen molar-refractivity contribution < 1.29 is 13.0 Å². The lowest BCUT2D eigenvalue weighted by Gasteiger charge is -2.10. The number of nitrogens with one attached hydrogen (secondary N) is 2. The van der Waals surface area contributed by atoms with Crippen LogP contribution < -0.4 is 10.9 Å². The zero-order valence-corrected chi connectivity index (χ0v) is 16.8. The van der Waals surface area contributed by atoms with E-state index in [9.17, 15) is 22.6 Å². The van der Waals surface area contributed by atoms with Gasteiger partial charge >= 0.3 is 0 Å². The Kier molecular flexibility index (Phi) is 3.71. The molecule has 0 saturated heterocycles. The minimum Gasteiger partial charge on any atom is -0.354 e. The molecule has 0 atom stereocenters. The normalized spacial score (nSPS) is 12.4. The molecule has 0 unspecified atom stereocenters. The molecule has 0 aliphatic heterocycles. The molecule has 0 aliphatic carbocycles. The number of aryl methyl sites for hydroxylation is 2. The summed E-state index contributed by atoms with van der Waals surface area (Å²) in [6.45, 7) is 3.44. The lowest BCUT2D eigenvalue weighted by molar-refractivity contribution is 0.482. The van der Waals surface area contributed by atoms with Crippen LogP contribution >= 0.6 is 0 Å². The summed E-state index contributed by atoms with van der Waals surface area (Å²) in [6, 6.07) is 11.3. The van der Waals surface area contributed by atoms with E-state index in [-0.39, 0.29) is 21.3 Å². The first-order valence-electron chi connectivity index (χ1n) is 9.18. The number of H-pyrrole nitrogens is 2. The Labute approximate surface area is 169 Å². The van der Waals surface area contributed by atoms with Gasteiger partial charge in [0.05, 0.1) is 21.4 Å². The average molecular weight is 420 g/mol. The van der Waals surface area contributed by atoms with Crippen molar-refractivity contribution in [2.45, 2.75) is 18.7 Å². The minimum atomic E-state index is -4.44. The molecule has 30 heavy (non-hydrogen) atoms. The average Bonchev–Trinajstić information content (AvgIpc) is 2.67. The maximum atomic E-state index is 13.1. The molecule has 0 amide bonds. The van der Waals surface area contributed by atoms with Crippen molar-refractivity contribution in [2.75, 3.05) is 0 Å². The van der Waals surface area contributed by atoms with Crippen LogP contribution in [0.2, 0.25) is 0 Å². The van der Waals surface area contributed by atoms with E-state index in [1.54, 1.807) is 18.2 Å². The summed E-state index contributed by atoms with van der Waals surface area (Å²) in [6.07, 6.45) is 0. The van der Waals surface area contributed by atoms with Crippen molar-refractivity contribution in [2.24, 2.45) is 0 Å². The lowest BCUT2D eigenvalue weighted by Crippen LogP contribution is -2.10. The highest BCUT2D eigenvalue weighted by Gasteiger charge is 2.18. The van der Waals surface area contributed by atoms with E-state index in [0.29, 0.717) is 43.6 Å². The van der Waals surface area contributed by atoms with Gasteiger partial charge in [-0.2, -0.15) is 8.42 Å². The largest absolute Gasteiger partial charge is 0.354 e. The molecule has 0 saturated carbocycles. The van der Waals surface area contributed by atoms with E-state index >= 15 is 0 Å². The van der Waals surface area contributed by atoms with Crippen LogP contribution in [0.3, 0.4) is 0 Å². The van der Waals surface area contributed by atoms with Gasteiger partial charge in [0.1, 0.15) is 0 Å². The molecule has 5 rings (SSSR count). The van der Waals surface area contributed by atoms with Crippen molar-refractivity contribution in [3.05, 3.63) is 74.0 Å². The van der Waals surface area contributed by atoms with Crippen LogP contribution in [-0.4, -0.2) is 22.9 Å². The molecule has 3 N–H and O–H groups in total. The smallest absolute Gasteiger partial charge is 0.294 e. The molecular formula is C22H16N2O5S. The number of hydrogen-bond acceptors (Lipinski definition) is 4. The molecule has 8 heteroatoms. The van der Waals surface area contributed by atoms with Gasteiger partial charge in [0.2, 0.25) is 0 Å². The molecule has 7 nitrogen and oxygen atoms in total. The van der Waals surface area contributed by atoms with Crippen LogP contribution in [-0.2, 0) is 10.1 Å². The Hall–Kier alpha value is -3.49.